The molecule has 0 saturated heterocycles. The highest BCUT2D eigenvalue weighted by Crippen LogP contribution is 2.06. The van der Waals surface area contributed by atoms with Gasteiger partial charge in [0.15, 0.2) is 0 Å². The van der Waals surface area contributed by atoms with Crippen molar-refractivity contribution in [3.63, 3.8) is 0 Å². The third-order valence-corrected chi connectivity index (χ3v) is 1.89. The van der Waals surface area contributed by atoms with Gasteiger partial charge in [0.2, 0.25) is 6.41 Å². The van der Waals surface area contributed by atoms with E-state index < -0.39 is 0 Å². The molecule has 0 bridgehead atoms. The molecule has 0 saturated carbocycles. The first-order chi connectivity index (χ1) is 7.13. The number of rotatable bonds is 3. The van der Waals surface area contributed by atoms with Crippen LogP contribution in [0, 0.1) is 0 Å². The number of benzene rings is 1. The van der Waals surface area contributed by atoms with E-state index in [0.717, 1.165) is 17.5 Å². The molecule has 0 radical (unpaired) electrons. The Balaban J connectivity index is 0.000000336. The van der Waals surface area contributed by atoms with E-state index in [0.29, 0.717) is 5.88 Å². The van der Waals surface area contributed by atoms with Crippen LogP contribution in [0.3, 0.4) is 0 Å². The van der Waals surface area contributed by atoms with Gasteiger partial charge in [-0.3, -0.25) is 4.79 Å². The molecule has 2 nitrogen and oxygen atoms in total. The van der Waals surface area contributed by atoms with E-state index in [1.807, 2.05) is 30.3 Å². The summed E-state index contributed by atoms with van der Waals surface area (Å²) in [5.41, 5.74) is 2.28. The maximum atomic E-state index is 9.43. The molecular weight excluding hydrogens is 210 g/mol. The van der Waals surface area contributed by atoms with Crippen LogP contribution in [0.25, 0.3) is 6.08 Å². The first-order valence-electron chi connectivity index (χ1n) is 4.53. The van der Waals surface area contributed by atoms with Crippen molar-refractivity contribution in [1.82, 2.24) is 4.90 Å². The lowest BCUT2D eigenvalue weighted by molar-refractivity contribution is -0.115. The normalized spacial score (nSPS) is 8.47. The Bertz CT molecular complexity index is 293. The molecule has 0 aromatic heterocycles. The monoisotopic (exact) mass is 225 g/mol. The smallest absolute Gasteiger partial charge is 0.209 e. The molecule has 1 aromatic carbocycles. The van der Waals surface area contributed by atoms with Crippen LogP contribution in [0.1, 0.15) is 11.1 Å². The molecule has 0 aliphatic carbocycles. The van der Waals surface area contributed by atoms with Crippen molar-refractivity contribution in [2.75, 3.05) is 14.1 Å². The minimum absolute atomic E-state index is 0.581. The van der Waals surface area contributed by atoms with Gasteiger partial charge >= 0.3 is 0 Å². The van der Waals surface area contributed by atoms with Gasteiger partial charge in [-0.2, -0.15) is 0 Å². The Hall–Kier alpha value is -1.28. The lowest BCUT2D eigenvalue weighted by Crippen LogP contribution is -2.06. The molecule has 15 heavy (non-hydrogen) atoms. The van der Waals surface area contributed by atoms with Gasteiger partial charge in [0.25, 0.3) is 0 Å². The van der Waals surface area contributed by atoms with Crippen molar-refractivity contribution in [2.45, 2.75) is 5.88 Å². The van der Waals surface area contributed by atoms with Crippen molar-refractivity contribution in [1.29, 1.82) is 0 Å². The number of nitrogens with zero attached hydrogens (tertiary/aromatic N) is 1. The summed E-state index contributed by atoms with van der Waals surface area (Å²) in [6.07, 6.45) is 2.57. The van der Waals surface area contributed by atoms with Crippen molar-refractivity contribution < 1.29 is 4.79 Å². The van der Waals surface area contributed by atoms with Gasteiger partial charge in [0.05, 0.1) is 0 Å². The number of hydrogen-bond acceptors (Lipinski definition) is 1. The van der Waals surface area contributed by atoms with Crippen LogP contribution < -0.4 is 0 Å². The second-order valence-corrected chi connectivity index (χ2v) is 3.42. The van der Waals surface area contributed by atoms with E-state index >= 15 is 0 Å². The summed E-state index contributed by atoms with van der Waals surface area (Å²) in [4.78, 5) is 10.9. The molecule has 1 rings (SSSR count). The van der Waals surface area contributed by atoms with Gasteiger partial charge < -0.3 is 4.90 Å². The highest BCUT2D eigenvalue weighted by Gasteiger charge is 1.87. The number of carbonyl (C=O) groups excluding carboxylic acids is 1. The van der Waals surface area contributed by atoms with Gasteiger partial charge in [-0.25, -0.2) is 0 Å². The number of carbonyl (C=O) groups is 1. The molecule has 0 heterocycles. The molecule has 0 fully saturated rings. The van der Waals surface area contributed by atoms with E-state index in [4.69, 9.17) is 11.6 Å². The summed E-state index contributed by atoms with van der Waals surface area (Å²) >= 11 is 5.60. The predicted octanol–water partition coefficient (Wildman–Crippen LogP) is 2.77. The Kier molecular flexibility index (Phi) is 7.38. The molecule has 3 heteroatoms. The Morgan fingerprint density at radius 2 is 1.80 bits per heavy atom. The lowest BCUT2D eigenvalue weighted by atomic mass is 10.1. The van der Waals surface area contributed by atoms with E-state index in [2.05, 4.69) is 6.58 Å². The van der Waals surface area contributed by atoms with Gasteiger partial charge in [-0.05, 0) is 11.1 Å². The van der Waals surface area contributed by atoms with E-state index in [1.54, 1.807) is 14.1 Å². The van der Waals surface area contributed by atoms with E-state index in [-0.39, 0.29) is 0 Å². The zero-order valence-corrected chi connectivity index (χ0v) is 9.87. The lowest BCUT2D eigenvalue weighted by Gasteiger charge is -1.94. The zero-order chi connectivity index (χ0) is 11.7. The summed E-state index contributed by atoms with van der Waals surface area (Å²) in [7, 11) is 3.38. The largest absolute Gasteiger partial charge is 0.351 e. The molecule has 0 spiro atoms. The van der Waals surface area contributed by atoms with E-state index in [9.17, 15) is 4.79 Å². The molecule has 0 unspecified atom stereocenters. The van der Waals surface area contributed by atoms with Crippen molar-refractivity contribution in [2.24, 2.45) is 0 Å². The maximum Gasteiger partial charge on any atom is 0.209 e. The topological polar surface area (TPSA) is 20.3 Å². The highest BCUT2D eigenvalue weighted by molar-refractivity contribution is 6.17. The molecule has 1 amide bonds. The van der Waals surface area contributed by atoms with Crippen LogP contribution in [-0.2, 0) is 10.7 Å². The fourth-order valence-electron chi connectivity index (χ4n) is 0.743. The molecule has 0 aliphatic heterocycles. The van der Waals surface area contributed by atoms with Crippen LogP contribution >= 0.6 is 11.6 Å². The van der Waals surface area contributed by atoms with E-state index in [1.165, 1.54) is 4.90 Å². The Morgan fingerprint density at radius 1 is 1.33 bits per heavy atom. The van der Waals surface area contributed by atoms with Crippen LogP contribution in [0.5, 0.6) is 0 Å². The van der Waals surface area contributed by atoms with Crippen LogP contribution in [0.15, 0.2) is 30.8 Å². The van der Waals surface area contributed by atoms with Gasteiger partial charge in [-0.1, -0.05) is 36.9 Å². The minimum Gasteiger partial charge on any atom is -0.351 e. The molecular formula is C12H16ClNO. The average molecular weight is 226 g/mol. The second kappa shape index (κ2) is 8.06. The minimum atomic E-state index is 0.581. The molecule has 0 N–H and O–H groups in total. The standard InChI is InChI=1S/C9H9Cl.C3H7NO/c1-2-8-3-5-9(7-10)6-4-8;1-4(2)3-5/h2-6H,1,7H2;3H,1-2H3. The number of halogens is 1. The quantitative estimate of drug-likeness (QED) is 0.572. The fraction of sp³-hybridized carbons (Fsp3) is 0.250. The summed E-state index contributed by atoms with van der Waals surface area (Å²) in [6, 6.07) is 8.02. The average Bonchev–Trinajstić information content (AvgIpc) is 2.30. The maximum absolute atomic E-state index is 9.43. The summed E-state index contributed by atoms with van der Waals surface area (Å²) in [5, 5.41) is 0. The highest BCUT2D eigenvalue weighted by atomic mass is 35.5. The van der Waals surface area contributed by atoms with Crippen molar-refractivity contribution >= 4 is 24.1 Å². The number of alkyl halides is 1. The van der Waals surface area contributed by atoms with Gasteiger partial charge in [0, 0.05) is 20.0 Å². The molecule has 0 aliphatic rings. The molecule has 0 atom stereocenters. The first-order valence-corrected chi connectivity index (χ1v) is 5.06. The summed E-state index contributed by atoms with van der Waals surface area (Å²) in [6.45, 7) is 3.65. The summed E-state index contributed by atoms with van der Waals surface area (Å²) in [5.74, 6) is 0.581. The van der Waals surface area contributed by atoms with Crippen molar-refractivity contribution in [3.8, 4) is 0 Å². The van der Waals surface area contributed by atoms with Gasteiger partial charge in [-0.15, -0.1) is 11.6 Å². The molecule has 82 valence electrons. The number of amides is 1. The van der Waals surface area contributed by atoms with Gasteiger partial charge in [0.1, 0.15) is 0 Å². The summed E-state index contributed by atoms with van der Waals surface area (Å²) < 4.78 is 0. The second-order valence-electron chi connectivity index (χ2n) is 3.15. The Morgan fingerprint density at radius 3 is 2.07 bits per heavy atom. The zero-order valence-electron chi connectivity index (χ0n) is 9.11. The van der Waals surface area contributed by atoms with Crippen LogP contribution in [0.2, 0.25) is 0 Å². The Labute approximate surface area is 96.2 Å². The SMILES string of the molecule is C=Cc1ccc(CCl)cc1.CN(C)C=O. The van der Waals surface area contributed by atoms with Crippen LogP contribution in [0.4, 0.5) is 0 Å². The first kappa shape index (κ1) is 13.7. The van der Waals surface area contributed by atoms with Crippen molar-refractivity contribution in [3.05, 3.63) is 42.0 Å². The number of hydrogen-bond donors (Lipinski definition) is 0. The predicted molar refractivity (Wildman–Crippen MR) is 65.8 cm³/mol. The fourth-order valence-corrected chi connectivity index (χ4v) is 0.921. The third-order valence-electron chi connectivity index (χ3n) is 1.58. The third kappa shape index (κ3) is 6.75. The van der Waals surface area contributed by atoms with Crippen LogP contribution in [-0.4, -0.2) is 25.4 Å². The molecule has 1 aromatic rings.